The zero-order valence-electron chi connectivity index (χ0n) is 11.0. The summed E-state index contributed by atoms with van der Waals surface area (Å²) in [5.74, 6) is -0.365. The van der Waals surface area contributed by atoms with Gasteiger partial charge in [-0.2, -0.15) is 0 Å². The molecule has 1 aliphatic rings. The van der Waals surface area contributed by atoms with Crippen LogP contribution in [-0.4, -0.2) is 25.6 Å². The molecular weight excluding hydrogens is 247 g/mol. The lowest BCUT2D eigenvalue weighted by Gasteiger charge is -2.22. The highest BCUT2D eigenvalue weighted by Crippen LogP contribution is 2.21. The first-order valence-corrected chi connectivity index (χ1v) is 6.56. The number of hydrogen-bond donors (Lipinski definition) is 2. The van der Waals surface area contributed by atoms with E-state index in [9.17, 15) is 9.18 Å². The number of piperidine rings is 1. The maximum Gasteiger partial charge on any atom is 0.225 e. The molecule has 1 unspecified atom stereocenters. The first kappa shape index (κ1) is 13.8. The Balaban J connectivity index is 1.90. The molecule has 5 heteroatoms. The Morgan fingerprint density at radius 1 is 1.53 bits per heavy atom. The molecule has 2 rings (SSSR count). The van der Waals surface area contributed by atoms with Crippen molar-refractivity contribution in [3.05, 3.63) is 24.0 Å². The van der Waals surface area contributed by atoms with Gasteiger partial charge in [0, 0.05) is 24.2 Å². The van der Waals surface area contributed by atoms with Gasteiger partial charge in [-0.1, -0.05) is 6.42 Å². The number of amides is 1. The molecule has 1 fully saturated rings. The van der Waals surface area contributed by atoms with Gasteiger partial charge in [0.25, 0.3) is 0 Å². The molecule has 1 aromatic carbocycles. The highest BCUT2D eigenvalue weighted by Gasteiger charge is 2.16. The van der Waals surface area contributed by atoms with Crippen molar-refractivity contribution in [1.82, 2.24) is 5.32 Å². The van der Waals surface area contributed by atoms with Gasteiger partial charge in [-0.05, 0) is 31.5 Å². The fourth-order valence-electron chi connectivity index (χ4n) is 2.27. The Kier molecular flexibility index (Phi) is 4.74. The number of halogens is 1. The zero-order valence-corrected chi connectivity index (χ0v) is 11.0. The maximum atomic E-state index is 13.2. The summed E-state index contributed by atoms with van der Waals surface area (Å²) in [6.45, 7) is 0.975. The number of rotatable bonds is 4. The van der Waals surface area contributed by atoms with E-state index >= 15 is 0 Å². The minimum Gasteiger partial charge on any atom is -0.494 e. The smallest absolute Gasteiger partial charge is 0.225 e. The van der Waals surface area contributed by atoms with E-state index in [-0.39, 0.29) is 17.7 Å². The molecule has 0 bridgehead atoms. The van der Waals surface area contributed by atoms with E-state index in [1.807, 2.05) is 0 Å². The predicted octanol–water partition coefficient (Wildman–Crippen LogP) is 2.31. The zero-order chi connectivity index (χ0) is 13.7. The standard InChI is InChI=1S/C14H19FN2O2/c1-19-13-8-11(5-6-12(13)15)17-14(18)9-10-4-2-3-7-16-10/h5-6,8,10,16H,2-4,7,9H2,1H3,(H,17,18). The molecule has 0 radical (unpaired) electrons. The summed E-state index contributed by atoms with van der Waals surface area (Å²) in [7, 11) is 1.40. The molecule has 19 heavy (non-hydrogen) atoms. The van der Waals surface area contributed by atoms with E-state index in [1.54, 1.807) is 0 Å². The number of methoxy groups -OCH3 is 1. The van der Waals surface area contributed by atoms with E-state index in [0.29, 0.717) is 12.1 Å². The number of ether oxygens (including phenoxy) is 1. The summed E-state index contributed by atoms with van der Waals surface area (Å²) in [4.78, 5) is 11.9. The monoisotopic (exact) mass is 266 g/mol. The van der Waals surface area contributed by atoms with Crippen LogP contribution in [-0.2, 0) is 4.79 Å². The number of hydrogen-bond acceptors (Lipinski definition) is 3. The quantitative estimate of drug-likeness (QED) is 0.879. The Labute approximate surface area is 112 Å². The summed E-state index contributed by atoms with van der Waals surface area (Å²) in [6.07, 6.45) is 3.81. The number of carbonyl (C=O) groups is 1. The molecule has 1 atom stereocenters. The second-order valence-electron chi connectivity index (χ2n) is 4.75. The molecule has 4 nitrogen and oxygen atoms in total. The van der Waals surface area contributed by atoms with Crippen LogP contribution in [0.5, 0.6) is 5.75 Å². The van der Waals surface area contributed by atoms with Gasteiger partial charge in [-0.25, -0.2) is 4.39 Å². The van der Waals surface area contributed by atoms with Crippen molar-refractivity contribution in [3.8, 4) is 5.75 Å². The number of nitrogens with one attached hydrogen (secondary N) is 2. The summed E-state index contributed by atoms with van der Waals surface area (Å²) in [6, 6.07) is 4.55. The summed E-state index contributed by atoms with van der Waals surface area (Å²) < 4.78 is 18.1. The minimum atomic E-state index is -0.436. The second-order valence-corrected chi connectivity index (χ2v) is 4.75. The van der Waals surface area contributed by atoms with Crippen LogP contribution in [0.2, 0.25) is 0 Å². The average Bonchev–Trinajstić information content (AvgIpc) is 2.42. The second kappa shape index (κ2) is 6.52. The highest BCUT2D eigenvalue weighted by molar-refractivity contribution is 5.91. The molecule has 1 amide bonds. The Morgan fingerprint density at radius 2 is 2.37 bits per heavy atom. The fraction of sp³-hybridized carbons (Fsp3) is 0.500. The van der Waals surface area contributed by atoms with Crippen LogP contribution in [0.3, 0.4) is 0 Å². The maximum absolute atomic E-state index is 13.2. The summed E-state index contributed by atoms with van der Waals surface area (Å²) in [5.41, 5.74) is 0.555. The van der Waals surface area contributed by atoms with Crippen molar-refractivity contribution in [2.24, 2.45) is 0 Å². The molecule has 1 heterocycles. The number of carbonyl (C=O) groups excluding carboxylic acids is 1. The normalized spacial score (nSPS) is 18.9. The van der Waals surface area contributed by atoms with Crippen molar-refractivity contribution in [3.63, 3.8) is 0 Å². The third kappa shape index (κ3) is 3.92. The van der Waals surface area contributed by atoms with Gasteiger partial charge >= 0.3 is 0 Å². The summed E-state index contributed by atoms with van der Waals surface area (Å²) in [5, 5.41) is 6.09. The van der Waals surface area contributed by atoms with Gasteiger partial charge in [-0.3, -0.25) is 4.79 Å². The lowest BCUT2D eigenvalue weighted by atomic mass is 10.0. The van der Waals surface area contributed by atoms with Crippen molar-refractivity contribution < 1.29 is 13.9 Å². The topological polar surface area (TPSA) is 50.4 Å². The van der Waals surface area contributed by atoms with E-state index < -0.39 is 5.82 Å². The average molecular weight is 266 g/mol. The molecule has 2 N–H and O–H groups in total. The van der Waals surface area contributed by atoms with Gasteiger partial charge in [-0.15, -0.1) is 0 Å². The molecule has 0 aromatic heterocycles. The van der Waals surface area contributed by atoms with Crippen molar-refractivity contribution in [1.29, 1.82) is 0 Å². The van der Waals surface area contributed by atoms with E-state index in [1.165, 1.54) is 31.7 Å². The molecule has 1 aliphatic heterocycles. The van der Waals surface area contributed by atoms with Crippen molar-refractivity contribution >= 4 is 11.6 Å². The van der Waals surface area contributed by atoms with E-state index in [0.717, 1.165) is 19.4 Å². The van der Waals surface area contributed by atoms with E-state index in [2.05, 4.69) is 10.6 Å². The molecule has 104 valence electrons. The third-order valence-electron chi connectivity index (χ3n) is 3.28. The van der Waals surface area contributed by atoms with Gasteiger partial charge in [0.05, 0.1) is 7.11 Å². The van der Waals surface area contributed by atoms with Gasteiger partial charge in [0.2, 0.25) is 5.91 Å². The lowest BCUT2D eigenvalue weighted by Crippen LogP contribution is -2.36. The third-order valence-corrected chi connectivity index (χ3v) is 3.28. The van der Waals surface area contributed by atoms with Crippen LogP contribution >= 0.6 is 0 Å². The first-order chi connectivity index (χ1) is 9.19. The summed E-state index contributed by atoms with van der Waals surface area (Å²) >= 11 is 0. The largest absolute Gasteiger partial charge is 0.494 e. The molecule has 0 aliphatic carbocycles. The molecule has 1 aromatic rings. The molecular formula is C14H19FN2O2. The van der Waals surface area contributed by atoms with Gasteiger partial charge < -0.3 is 15.4 Å². The van der Waals surface area contributed by atoms with Gasteiger partial charge in [0.15, 0.2) is 11.6 Å². The van der Waals surface area contributed by atoms with Crippen LogP contribution in [0.1, 0.15) is 25.7 Å². The Bertz CT molecular complexity index is 445. The van der Waals surface area contributed by atoms with Crippen LogP contribution in [0.15, 0.2) is 18.2 Å². The highest BCUT2D eigenvalue weighted by atomic mass is 19.1. The molecule has 0 spiro atoms. The Morgan fingerprint density at radius 3 is 3.05 bits per heavy atom. The molecule has 1 saturated heterocycles. The number of anilines is 1. The van der Waals surface area contributed by atoms with Crippen molar-refractivity contribution in [2.45, 2.75) is 31.7 Å². The van der Waals surface area contributed by atoms with Crippen LogP contribution in [0.4, 0.5) is 10.1 Å². The van der Waals surface area contributed by atoms with Crippen molar-refractivity contribution in [2.75, 3.05) is 19.0 Å². The minimum absolute atomic E-state index is 0.0620. The van der Waals surface area contributed by atoms with E-state index in [4.69, 9.17) is 4.74 Å². The first-order valence-electron chi connectivity index (χ1n) is 6.56. The van der Waals surface area contributed by atoms with Crippen LogP contribution in [0.25, 0.3) is 0 Å². The Hall–Kier alpha value is -1.62. The predicted molar refractivity (Wildman–Crippen MR) is 71.8 cm³/mol. The van der Waals surface area contributed by atoms with Crippen LogP contribution in [0, 0.1) is 5.82 Å². The number of benzene rings is 1. The fourth-order valence-corrected chi connectivity index (χ4v) is 2.27. The lowest BCUT2D eigenvalue weighted by molar-refractivity contribution is -0.116. The molecule has 0 saturated carbocycles. The van der Waals surface area contributed by atoms with Gasteiger partial charge in [0.1, 0.15) is 0 Å². The van der Waals surface area contributed by atoms with Crippen LogP contribution < -0.4 is 15.4 Å². The SMILES string of the molecule is COc1cc(NC(=O)CC2CCCCN2)ccc1F.